The maximum Gasteiger partial charge on any atom is 0.266 e. The summed E-state index contributed by atoms with van der Waals surface area (Å²) in [6.07, 6.45) is 3.52. The molecule has 1 aromatic carbocycles. The Hall–Kier alpha value is -4.10. The second-order valence-electron chi connectivity index (χ2n) is 8.37. The lowest BCUT2D eigenvalue weighted by Gasteiger charge is -2.34. The fraction of sp³-hybridized carbons (Fsp3) is 0.333. The van der Waals surface area contributed by atoms with Crippen molar-refractivity contribution < 1.29 is 18.4 Å². The van der Waals surface area contributed by atoms with E-state index in [9.17, 15) is 14.9 Å². The van der Waals surface area contributed by atoms with Crippen LogP contribution in [-0.4, -0.2) is 60.5 Å². The SMILES string of the molecule is N#Cc1nc(-c2ccco2)oc1N1CCN(CC(=O)Nc2ccccc2C(=O)NC2CC2)CC1. The first-order valence-corrected chi connectivity index (χ1v) is 11.2. The van der Waals surface area contributed by atoms with E-state index in [0.29, 0.717) is 49.1 Å². The van der Waals surface area contributed by atoms with Crippen molar-refractivity contribution >= 4 is 23.4 Å². The predicted molar refractivity (Wildman–Crippen MR) is 123 cm³/mol. The van der Waals surface area contributed by atoms with E-state index in [2.05, 4.69) is 21.7 Å². The third-order valence-electron chi connectivity index (χ3n) is 5.83. The number of rotatable bonds is 7. The van der Waals surface area contributed by atoms with Crippen molar-refractivity contribution in [3.63, 3.8) is 0 Å². The molecule has 0 atom stereocenters. The van der Waals surface area contributed by atoms with Gasteiger partial charge in [0.25, 0.3) is 11.8 Å². The third-order valence-corrected chi connectivity index (χ3v) is 5.83. The van der Waals surface area contributed by atoms with Crippen molar-refractivity contribution in [2.24, 2.45) is 0 Å². The van der Waals surface area contributed by atoms with E-state index in [-0.39, 0.29) is 36.0 Å². The van der Waals surface area contributed by atoms with Crippen molar-refractivity contribution in [3.8, 4) is 17.7 Å². The standard InChI is InChI=1S/C24H24N6O4/c25-14-19-24(34-23(28-19)20-6-3-13-33-20)30-11-9-29(10-12-30)15-21(31)27-18-5-2-1-4-17(18)22(32)26-16-7-8-16/h1-6,13,16H,7-12,15H2,(H,26,32)(H,27,31). The quantitative estimate of drug-likeness (QED) is 0.550. The molecule has 0 unspecified atom stereocenters. The summed E-state index contributed by atoms with van der Waals surface area (Å²) in [5.41, 5.74) is 1.18. The molecule has 2 amide bonds. The highest BCUT2D eigenvalue weighted by Gasteiger charge is 2.27. The van der Waals surface area contributed by atoms with Gasteiger partial charge >= 0.3 is 0 Å². The van der Waals surface area contributed by atoms with Crippen LogP contribution in [0.3, 0.4) is 0 Å². The van der Waals surface area contributed by atoms with Gasteiger partial charge in [0.1, 0.15) is 6.07 Å². The normalized spacial score (nSPS) is 16.1. The monoisotopic (exact) mass is 460 g/mol. The fourth-order valence-electron chi connectivity index (χ4n) is 3.89. The number of aromatic nitrogens is 1. The van der Waals surface area contributed by atoms with E-state index in [1.54, 1.807) is 36.4 Å². The Morgan fingerprint density at radius 3 is 2.62 bits per heavy atom. The smallest absolute Gasteiger partial charge is 0.266 e. The van der Waals surface area contributed by atoms with Crippen molar-refractivity contribution in [3.05, 3.63) is 53.9 Å². The Balaban J connectivity index is 1.17. The van der Waals surface area contributed by atoms with Crippen LogP contribution in [0, 0.1) is 11.3 Å². The molecule has 1 aliphatic carbocycles. The number of nitriles is 1. The Bertz CT molecular complexity index is 1220. The predicted octanol–water partition coefficient (Wildman–Crippen LogP) is 2.46. The van der Waals surface area contributed by atoms with Gasteiger partial charge in [-0.25, -0.2) is 0 Å². The van der Waals surface area contributed by atoms with Crippen LogP contribution in [0.1, 0.15) is 28.9 Å². The van der Waals surface area contributed by atoms with Gasteiger partial charge in [0.2, 0.25) is 17.5 Å². The largest absolute Gasteiger partial charge is 0.459 e. The van der Waals surface area contributed by atoms with Crippen LogP contribution in [0.15, 0.2) is 51.5 Å². The van der Waals surface area contributed by atoms with Crippen molar-refractivity contribution in [2.45, 2.75) is 18.9 Å². The molecule has 2 aliphatic rings. The highest BCUT2D eigenvalue weighted by molar-refractivity contribution is 6.04. The molecular weight excluding hydrogens is 436 g/mol. The molecule has 3 aromatic rings. The summed E-state index contributed by atoms with van der Waals surface area (Å²) in [5.74, 6) is 0.791. The van der Waals surface area contributed by atoms with E-state index >= 15 is 0 Å². The molecule has 34 heavy (non-hydrogen) atoms. The molecule has 2 aromatic heterocycles. The Kier molecular flexibility index (Phi) is 6.01. The minimum absolute atomic E-state index is 0.165. The lowest BCUT2D eigenvalue weighted by atomic mass is 10.1. The average molecular weight is 460 g/mol. The van der Waals surface area contributed by atoms with E-state index in [4.69, 9.17) is 8.83 Å². The molecule has 5 rings (SSSR count). The number of hydrogen-bond acceptors (Lipinski definition) is 8. The molecule has 2 N–H and O–H groups in total. The molecule has 3 heterocycles. The molecule has 2 fully saturated rings. The number of oxazole rings is 1. The van der Waals surface area contributed by atoms with Crippen molar-refractivity contribution in [2.75, 3.05) is 42.9 Å². The summed E-state index contributed by atoms with van der Waals surface area (Å²) in [6.45, 7) is 2.58. The maximum atomic E-state index is 12.7. The van der Waals surface area contributed by atoms with Gasteiger partial charge in [-0.2, -0.15) is 10.2 Å². The topological polar surface area (TPSA) is 128 Å². The lowest BCUT2D eigenvalue weighted by Crippen LogP contribution is -2.48. The van der Waals surface area contributed by atoms with Gasteiger partial charge in [-0.3, -0.25) is 14.5 Å². The summed E-state index contributed by atoms with van der Waals surface area (Å²) >= 11 is 0. The number of carbonyl (C=O) groups is 2. The Labute approximate surface area is 196 Å². The molecule has 0 spiro atoms. The zero-order valence-electron chi connectivity index (χ0n) is 18.5. The second-order valence-corrected chi connectivity index (χ2v) is 8.37. The number of amides is 2. The number of piperazine rings is 1. The highest BCUT2D eigenvalue weighted by Crippen LogP contribution is 2.29. The van der Waals surface area contributed by atoms with E-state index < -0.39 is 0 Å². The van der Waals surface area contributed by atoms with Crippen molar-refractivity contribution in [1.29, 1.82) is 5.26 Å². The highest BCUT2D eigenvalue weighted by atomic mass is 16.4. The molecule has 1 aliphatic heterocycles. The zero-order chi connectivity index (χ0) is 23.5. The van der Waals surface area contributed by atoms with Crippen LogP contribution < -0.4 is 15.5 Å². The Morgan fingerprint density at radius 1 is 1.12 bits per heavy atom. The van der Waals surface area contributed by atoms with Crippen LogP contribution in [0.2, 0.25) is 0 Å². The summed E-state index contributed by atoms with van der Waals surface area (Å²) in [7, 11) is 0. The Morgan fingerprint density at radius 2 is 1.91 bits per heavy atom. The van der Waals surface area contributed by atoms with E-state index in [1.165, 1.54) is 6.26 Å². The maximum absolute atomic E-state index is 12.7. The number of anilines is 2. The second kappa shape index (κ2) is 9.41. The number of nitrogens with one attached hydrogen (secondary N) is 2. The number of furan rings is 1. The number of para-hydroxylation sites is 1. The number of carbonyl (C=O) groups excluding carboxylic acids is 2. The first-order chi connectivity index (χ1) is 16.6. The molecule has 174 valence electrons. The van der Waals surface area contributed by atoms with E-state index in [1.807, 2.05) is 9.80 Å². The minimum Gasteiger partial charge on any atom is -0.459 e. The minimum atomic E-state index is -0.183. The number of nitrogens with zero attached hydrogens (tertiary/aromatic N) is 4. The van der Waals surface area contributed by atoms with Crippen molar-refractivity contribution in [1.82, 2.24) is 15.2 Å². The molecule has 1 saturated carbocycles. The van der Waals surface area contributed by atoms with Gasteiger partial charge in [-0.05, 0) is 37.1 Å². The van der Waals surface area contributed by atoms with Crippen LogP contribution in [0.4, 0.5) is 11.6 Å². The van der Waals surface area contributed by atoms with Gasteiger partial charge in [0, 0.05) is 32.2 Å². The van der Waals surface area contributed by atoms with Gasteiger partial charge < -0.3 is 24.4 Å². The van der Waals surface area contributed by atoms with Crippen LogP contribution in [0.5, 0.6) is 0 Å². The van der Waals surface area contributed by atoms with E-state index in [0.717, 1.165) is 12.8 Å². The molecule has 10 heteroatoms. The molecule has 0 radical (unpaired) electrons. The van der Waals surface area contributed by atoms with Gasteiger partial charge in [-0.1, -0.05) is 12.1 Å². The zero-order valence-corrected chi connectivity index (χ0v) is 18.5. The van der Waals surface area contributed by atoms with Crippen LogP contribution >= 0.6 is 0 Å². The number of benzene rings is 1. The average Bonchev–Trinajstić information content (AvgIpc) is 3.32. The van der Waals surface area contributed by atoms with Gasteiger partial charge in [0.05, 0.1) is 24.1 Å². The summed E-state index contributed by atoms with van der Waals surface area (Å²) in [6, 6.07) is 12.8. The number of hydrogen-bond donors (Lipinski definition) is 2. The molecule has 10 nitrogen and oxygen atoms in total. The first kappa shape index (κ1) is 21.7. The van der Waals surface area contributed by atoms with Gasteiger partial charge in [0.15, 0.2) is 5.76 Å². The lowest BCUT2D eigenvalue weighted by molar-refractivity contribution is -0.117. The van der Waals surface area contributed by atoms with Gasteiger partial charge in [-0.15, -0.1) is 0 Å². The molecule has 1 saturated heterocycles. The molecule has 0 bridgehead atoms. The summed E-state index contributed by atoms with van der Waals surface area (Å²) in [4.78, 5) is 33.4. The van der Waals surface area contributed by atoms with Crippen LogP contribution in [0.25, 0.3) is 11.7 Å². The summed E-state index contributed by atoms with van der Waals surface area (Å²) in [5, 5.41) is 15.3. The summed E-state index contributed by atoms with van der Waals surface area (Å²) < 4.78 is 11.1. The fourth-order valence-corrected chi connectivity index (χ4v) is 3.89. The first-order valence-electron chi connectivity index (χ1n) is 11.2. The third kappa shape index (κ3) is 4.79. The molecular formula is C24H24N6O4. The van der Waals surface area contributed by atoms with Crippen LogP contribution in [-0.2, 0) is 4.79 Å².